The van der Waals surface area contributed by atoms with Crippen molar-refractivity contribution in [2.75, 3.05) is 0 Å². The summed E-state index contributed by atoms with van der Waals surface area (Å²) in [7, 11) is -3.94. The van der Waals surface area contributed by atoms with Crippen LogP contribution in [0, 0.1) is 6.92 Å². The minimum absolute atomic E-state index is 0.0354. The summed E-state index contributed by atoms with van der Waals surface area (Å²) in [6, 6.07) is 4.39. The molecule has 1 aromatic carbocycles. The predicted octanol–water partition coefficient (Wildman–Crippen LogP) is 1.21. The van der Waals surface area contributed by atoms with E-state index in [2.05, 4.69) is 0 Å². The number of carbonyl (C=O) groups excluding carboxylic acids is 1. The molecule has 0 spiro atoms. The molecule has 0 fully saturated rings. The van der Waals surface area contributed by atoms with Gasteiger partial charge >= 0.3 is 5.97 Å². The average Bonchev–Trinajstić information content (AvgIpc) is 2.14. The minimum Gasteiger partial charge on any atom is -0.459 e. The molecule has 6 heteroatoms. The molecule has 17 heavy (non-hydrogen) atoms. The normalized spacial score (nSPS) is 11.6. The SMILES string of the molecule is Cc1ccc(C(=O)OC(C)C)c(S(N)(=O)=O)c1. The van der Waals surface area contributed by atoms with Crippen molar-refractivity contribution in [2.45, 2.75) is 31.8 Å². The number of carbonyl (C=O) groups is 1. The van der Waals surface area contributed by atoms with Crippen LogP contribution in [0.2, 0.25) is 0 Å². The van der Waals surface area contributed by atoms with Crippen molar-refractivity contribution in [1.82, 2.24) is 0 Å². The average molecular weight is 257 g/mol. The molecule has 0 aromatic heterocycles. The molecule has 1 rings (SSSR count). The lowest BCUT2D eigenvalue weighted by molar-refractivity contribution is 0.0373. The number of benzene rings is 1. The number of esters is 1. The molecule has 5 nitrogen and oxygen atoms in total. The van der Waals surface area contributed by atoms with Crippen molar-refractivity contribution in [3.8, 4) is 0 Å². The molecular weight excluding hydrogens is 242 g/mol. The fraction of sp³-hybridized carbons (Fsp3) is 0.364. The molecule has 0 heterocycles. The van der Waals surface area contributed by atoms with Gasteiger partial charge in [0.2, 0.25) is 10.0 Å². The van der Waals surface area contributed by atoms with Crippen molar-refractivity contribution in [3.63, 3.8) is 0 Å². The summed E-state index contributed by atoms with van der Waals surface area (Å²) in [5, 5.41) is 5.06. The Kier molecular flexibility index (Phi) is 3.90. The number of sulfonamides is 1. The number of nitrogens with two attached hydrogens (primary N) is 1. The van der Waals surface area contributed by atoms with Gasteiger partial charge in [0.15, 0.2) is 0 Å². The van der Waals surface area contributed by atoms with Crippen LogP contribution in [-0.2, 0) is 14.8 Å². The Morgan fingerprint density at radius 2 is 1.94 bits per heavy atom. The quantitative estimate of drug-likeness (QED) is 0.824. The molecule has 0 saturated heterocycles. The Balaban J connectivity index is 3.30. The molecule has 1 aromatic rings. The van der Waals surface area contributed by atoms with Gasteiger partial charge in [-0.3, -0.25) is 0 Å². The zero-order chi connectivity index (χ0) is 13.2. The van der Waals surface area contributed by atoms with Gasteiger partial charge in [-0.25, -0.2) is 18.4 Å². The van der Waals surface area contributed by atoms with Crippen LogP contribution >= 0.6 is 0 Å². The zero-order valence-corrected chi connectivity index (χ0v) is 10.7. The van der Waals surface area contributed by atoms with Crippen LogP contribution in [0.3, 0.4) is 0 Å². The second-order valence-corrected chi connectivity index (χ2v) is 5.53. The van der Waals surface area contributed by atoms with E-state index in [1.54, 1.807) is 26.8 Å². The fourth-order valence-corrected chi connectivity index (χ4v) is 2.12. The van der Waals surface area contributed by atoms with E-state index in [4.69, 9.17) is 9.88 Å². The van der Waals surface area contributed by atoms with Gasteiger partial charge in [-0.05, 0) is 38.5 Å². The lowest BCUT2D eigenvalue weighted by Crippen LogP contribution is -2.19. The number of rotatable bonds is 3. The van der Waals surface area contributed by atoms with E-state index < -0.39 is 16.0 Å². The molecule has 0 atom stereocenters. The maximum Gasteiger partial charge on any atom is 0.339 e. The minimum atomic E-state index is -3.94. The van der Waals surface area contributed by atoms with Crippen LogP contribution in [0.5, 0.6) is 0 Å². The van der Waals surface area contributed by atoms with Crippen molar-refractivity contribution >= 4 is 16.0 Å². The molecule has 2 N–H and O–H groups in total. The number of hydrogen-bond acceptors (Lipinski definition) is 4. The van der Waals surface area contributed by atoms with Gasteiger partial charge in [0.25, 0.3) is 0 Å². The highest BCUT2D eigenvalue weighted by molar-refractivity contribution is 7.89. The van der Waals surface area contributed by atoms with E-state index in [0.29, 0.717) is 5.56 Å². The summed E-state index contributed by atoms with van der Waals surface area (Å²) in [5.41, 5.74) is 0.668. The van der Waals surface area contributed by atoms with Crippen molar-refractivity contribution in [2.24, 2.45) is 5.14 Å². The molecule has 0 saturated carbocycles. The maximum atomic E-state index is 11.7. The largest absolute Gasteiger partial charge is 0.459 e. The first-order valence-electron chi connectivity index (χ1n) is 5.06. The summed E-state index contributed by atoms with van der Waals surface area (Å²) >= 11 is 0. The molecule has 0 bridgehead atoms. The monoisotopic (exact) mass is 257 g/mol. The summed E-state index contributed by atoms with van der Waals surface area (Å²) in [6.45, 7) is 5.08. The third-order valence-electron chi connectivity index (χ3n) is 2.01. The standard InChI is InChI=1S/C11H15NO4S/c1-7(2)16-11(13)9-5-4-8(3)6-10(9)17(12,14)15/h4-7H,1-3H3,(H2,12,14,15). The third-order valence-corrected chi connectivity index (χ3v) is 2.96. The van der Waals surface area contributed by atoms with Crippen LogP contribution in [0.15, 0.2) is 23.1 Å². The van der Waals surface area contributed by atoms with Gasteiger partial charge in [-0.1, -0.05) is 6.07 Å². The molecule has 0 unspecified atom stereocenters. The second kappa shape index (κ2) is 4.85. The molecule has 0 aliphatic rings. The Morgan fingerprint density at radius 3 is 2.41 bits per heavy atom. The molecule has 94 valence electrons. The highest BCUT2D eigenvalue weighted by atomic mass is 32.2. The van der Waals surface area contributed by atoms with Gasteiger partial charge in [0.1, 0.15) is 0 Å². The fourth-order valence-electron chi connectivity index (χ4n) is 1.31. The van der Waals surface area contributed by atoms with Crippen LogP contribution < -0.4 is 5.14 Å². The molecule has 0 aliphatic carbocycles. The number of aryl methyl sites for hydroxylation is 1. The van der Waals surface area contributed by atoms with E-state index in [-0.39, 0.29) is 16.6 Å². The van der Waals surface area contributed by atoms with Crippen LogP contribution in [0.4, 0.5) is 0 Å². The highest BCUT2D eigenvalue weighted by Gasteiger charge is 2.21. The van der Waals surface area contributed by atoms with Crippen molar-refractivity contribution < 1.29 is 17.9 Å². The van der Waals surface area contributed by atoms with E-state index in [1.807, 2.05) is 0 Å². The number of ether oxygens (including phenoxy) is 1. The first-order chi connectivity index (χ1) is 7.71. The van der Waals surface area contributed by atoms with Gasteiger partial charge in [0, 0.05) is 0 Å². The van der Waals surface area contributed by atoms with Crippen LogP contribution in [-0.4, -0.2) is 20.5 Å². The first kappa shape index (κ1) is 13.7. The van der Waals surface area contributed by atoms with E-state index in [0.717, 1.165) is 0 Å². The topological polar surface area (TPSA) is 86.5 Å². The Hall–Kier alpha value is -1.40. The first-order valence-corrected chi connectivity index (χ1v) is 6.61. The van der Waals surface area contributed by atoms with Gasteiger partial charge in [-0.2, -0.15) is 0 Å². The smallest absolute Gasteiger partial charge is 0.339 e. The van der Waals surface area contributed by atoms with E-state index in [9.17, 15) is 13.2 Å². The highest BCUT2D eigenvalue weighted by Crippen LogP contribution is 2.17. The molecule has 0 radical (unpaired) electrons. The molecular formula is C11H15NO4S. The molecule has 0 aliphatic heterocycles. The summed E-state index contributed by atoms with van der Waals surface area (Å²) < 4.78 is 27.7. The number of primary sulfonamides is 1. The number of hydrogen-bond donors (Lipinski definition) is 1. The maximum absolute atomic E-state index is 11.7. The van der Waals surface area contributed by atoms with E-state index in [1.165, 1.54) is 12.1 Å². The lowest BCUT2D eigenvalue weighted by atomic mass is 10.1. The zero-order valence-electron chi connectivity index (χ0n) is 9.93. The van der Waals surface area contributed by atoms with Crippen LogP contribution in [0.1, 0.15) is 29.8 Å². The molecule has 0 amide bonds. The summed E-state index contributed by atoms with van der Waals surface area (Å²) in [5.74, 6) is -0.691. The second-order valence-electron chi connectivity index (χ2n) is 4.00. The van der Waals surface area contributed by atoms with Crippen molar-refractivity contribution in [1.29, 1.82) is 0 Å². The Bertz CT molecular complexity index is 534. The summed E-state index contributed by atoms with van der Waals surface area (Å²) in [6.07, 6.45) is -0.322. The van der Waals surface area contributed by atoms with Gasteiger partial charge in [0.05, 0.1) is 16.6 Å². The van der Waals surface area contributed by atoms with Gasteiger partial charge in [-0.15, -0.1) is 0 Å². The lowest BCUT2D eigenvalue weighted by Gasteiger charge is -2.11. The third kappa shape index (κ3) is 3.54. The Labute approximate surface area is 101 Å². The van der Waals surface area contributed by atoms with E-state index >= 15 is 0 Å². The van der Waals surface area contributed by atoms with Gasteiger partial charge < -0.3 is 4.74 Å². The predicted molar refractivity (Wildman–Crippen MR) is 63.1 cm³/mol. The van der Waals surface area contributed by atoms with Crippen molar-refractivity contribution in [3.05, 3.63) is 29.3 Å². The van der Waals surface area contributed by atoms with Crippen LogP contribution in [0.25, 0.3) is 0 Å². The summed E-state index contributed by atoms with van der Waals surface area (Å²) in [4.78, 5) is 11.5. The Morgan fingerprint density at radius 1 is 1.35 bits per heavy atom.